The number of nitrogens with zero attached hydrogens (tertiary/aromatic N) is 4. The number of benzene rings is 1. The van der Waals surface area contributed by atoms with Crippen LogP contribution in [0.15, 0.2) is 36.0 Å². The molecule has 0 amide bonds. The molecule has 0 N–H and O–H groups in total. The Labute approximate surface area is 213 Å². The number of ether oxygens (including phenoxy) is 1. The lowest BCUT2D eigenvalue weighted by Crippen LogP contribution is -2.43. The molecule has 1 aromatic heterocycles. The van der Waals surface area contributed by atoms with Crippen LogP contribution in [0.3, 0.4) is 0 Å². The van der Waals surface area contributed by atoms with Crippen molar-refractivity contribution in [3.63, 3.8) is 0 Å². The summed E-state index contributed by atoms with van der Waals surface area (Å²) in [5, 5.41) is 7.99. The minimum Gasteiger partial charge on any atom is -0.468 e. The average Bonchev–Trinajstić information content (AvgIpc) is 3.57. The predicted octanol–water partition coefficient (Wildman–Crippen LogP) is 3.47. The van der Waals surface area contributed by atoms with Gasteiger partial charge in [-0.15, -0.1) is 17.5 Å². The zero-order chi connectivity index (χ0) is 24.2. The van der Waals surface area contributed by atoms with Gasteiger partial charge in [0.25, 0.3) is 0 Å². The Bertz CT molecular complexity index is 1120. The molecule has 1 aliphatic carbocycles. The van der Waals surface area contributed by atoms with E-state index < -0.39 is 17.8 Å². The smallest absolute Gasteiger partial charge is 0.327 e. The van der Waals surface area contributed by atoms with Gasteiger partial charge in [0.15, 0.2) is 10.9 Å². The number of esters is 1. The lowest BCUT2D eigenvalue weighted by atomic mass is 9.93. The van der Waals surface area contributed by atoms with Crippen LogP contribution in [0.1, 0.15) is 43.5 Å². The minimum absolute atomic E-state index is 0. The summed E-state index contributed by atoms with van der Waals surface area (Å²) in [7, 11) is 1.30. The fourth-order valence-electron chi connectivity index (χ4n) is 4.24. The summed E-state index contributed by atoms with van der Waals surface area (Å²) in [5.74, 6) is -0.812. The molecule has 35 heavy (non-hydrogen) atoms. The highest BCUT2D eigenvalue weighted by atomic mass is 35.5. The van der Waals surface area contributed by atoms with E-state index in [0.717, 1.165) is 18.4 Å². The van der Waals surface area contributed by atoms with Crippen molar-refractivity contribution in [3.8, 4) is 0 Å². The largest absolute Gasteiger partial charge is 0.468 e. The number of carbonyl (C=O) groups is 3. The summed E-state index contributed by atoms with van der Waals surface area (Å²) in [6.45, 7) is 2.43. The number of Topliss-reactive ketones (excluding diaryl/α,β-unsaturated/α-hetero) is 1. The molecule has 1 aromatic carbocycles. The van der Waals surface area contributed by atoms with Gasteiger partial charge in [0.2, 0.25) is 0 Å². The molecule has 1 saturated heterocycles. The van der Waals surface area contributed by atoms with E-state index in [2.05, 4.69) is 15.0 Å². The quantitative estimate of drug-likeness (QED) is 0.486. The molecule has 2 unspecified atom stereocenters. The fourth-order valence-corrected chi connectivity index (χ4v) is 5.16. The Morgan fingerprint density at radius 1 is 1.26 bits per heavy atom. The standard InChI is InChI=1S/C24H27FN4O4S.ClH/c1-15(30)34-21-9-10-28(12-17(21)11-18-13-29(27-26-18)14-22(31)33-2)23(24(32)16-7-8-16)19-5-3-4-6-20(19)25;/h3-6,11,13,16,21,23H,7-10,12,14H2,1-2H3;1H/b17-11+;. The van der Waals surface area contributed by atoms with Crippen LogP contribution in [-0.2, 0) is 25.7 Å². The maximum absolute atomic E-state index is 14.8. The van der Waals surface area contributed by atoms with E-state index in [0.29, 0.717) is 30.8 Å². The van der Waals surface area contributed by atoms with Crippen molar-refractivity contribution in [2.24, 2.45) is 5.92 Å². The van der Waals surface area contributed by atoms with Gasteiger partial charge in [-0.05, 0) is 37.0 Å². The second-order valence-electron chi connectivity index (χ2n) is 8.59. The van der Waals surface area contributed by atoms with E-state index in [9.17, 15) is 18.8 Å². The first-order valence-corrected chi connectivity index (χ1v) is 12.1. The predicted molar refractivity (Wildman–Crippen MR) is 132 cm³/mol. The van der Waals surface area contributed by atoms with Crippen LogP contribution >= 0.6 is 24.2 Å². The molecule has 188 valence electrons. The zero-order valence-electron chi connectivity index (χ0n) is 19.6. The molecule has 11 heteroatoms. The van der Waals surface area contributed by atoms with Crippen LogP contribution in [0.2, 0.25) is 0 Å². The van der Waals surface area contributed by atoms with Gasteiger partial charge in [-0.3, -0.25) is 19.3 Å². The fraction of sp³-hybridized carbons (Fsp3) is 0.458. The van der Waals surface area contributed by atoms with Crippen molar-refractivity contribution in [3.05, 3.63) is 53.1 Å². The Kier molecular flexibility index (Phi) is 9.21. The van der Waals surface area contributed by atoms with Crippen LogP contribution < -0.4 is 0 Å². The number of aromatic nitrogens is 3. The van der Waals surface area contributed by atoms with Crippen molar-refractivity contribution >= 4 is 47.1 Å². The van der Waals surface area contributed by atoms with E-state index in [1.54, 1.807) is 24.4 Å². The SMILES string of the molecule is COC(=O)Cn1cc(/C=C2\CN(C(C(=O)C3CC3)c3ccccc3F)CCC2SC(C)=O)nn1.Cl. The maximum Gasteiger partial charge on any atom is 0.327 e. The number of carbonyl (C=O) groups excluding carboxylic acids is 3. The molecule has 4 rings (SSSR count). The van der Waals surface area contributed by atoms with Crippen LogP contribution in [0.25, 0.3) is 6.08 Å². The molecule has 2 aliphatic rings. The first kappa shape index (κ1) is 27.0. The van der Waals surface area contributed by atoms with Crippen molar-refractivity contribution in [2.75, 3.05) is 20.2 Å². The number of likely N-dealkylation sites (tertiary alicyclic amines) is 1. The Balaban J connectivity index is 0.00000342. The summed E-state index contributed by atoms with van der Waals surface area (Å²) in [5.41, 5.74) is 1.83. The molecule has 2 heterocycles. The third-order valence-electron chi connectivity index (χ3n) is 6.01. The second-order valence-corrected chi connectivity index (χ2v) is 9.97. The molecule has 0 spiro atoms. The number of methoxy groups -OCH3 is 1. The van der Waals surface area contributed by atoms with Crippen LogP contribution in [0.4, 0.5) is 4.39 Å². The number of ketones is 1. The summed E-state index contributed by atoms with van der Waals surface area (Å²) in [6, 6.07) is 5.77. The van der Waals surface area contributed by atoms with E-state index >= 15 is 0 Å². The Hall–Kier alpha value is -2.56. The minimum atomic E-state index is -0.671. The molecule has 0 radical (unpaired) electrons. The summed E-state index contributed by atoms with van der Waals surface area (Å²) in [4.78, 5) is 38.7. The van der Waals surface area contributed by atoms with E-state index in [1.165, 1.54) is 36.5 Å². The van der Waals surface area contributed by atoms with Crippen molar-refractivity contribution < 1.29 is 23.5 Å². The highest BCUT2D eigenvalue weighted by Crippen LogP contribution is 2.40. The molecular weight excluding hydrogens is 495 g/mol. The third-order valence-corrected chi connectivity index (χ3v) is 7.16. The molecule has 2 fully saturated rings. The summed E-state index contributed by atoms with van der Waals surface area (Å²) >= 11 is 1.24. The van der Waals surface area contributed by atoms with Gasteiger partial charge in [-0.1, -0.05) is 35.2 Å². The first-order valence-electron chi connectivity index (χ1n) is 11.2. The van der Waals surface area contributed by atoms with Crippen molar-refractivity contribution in [1.82, 2.24) is 19.9 Å². The van der Waals surface area contributed by atoms with Crippen LogP contribution in [0.5, 0.6) is 0 Å². The van der Waals surface area contributed by atoms with Gasteiger partial charge in [-0.2, -0.15) is 0 Å². The van der Waals surface area contributed by atoms with Crippen LogP contribution in [-0.4, -0.2) is 62.2 Å². The van der Waals surface area contributed by atoms with Gasteiger partial charge in [0.1, 0.15) is 18.1 Å². The molecule has 2 aromatic rings. The van der Waals surface area contributed by atoms with E-state index in [1.807, 2.05) is 11.0 Å². The second kappa shape index (κ2) is 11.9. The average molecular weight is 523 g/mol. The topological polar surface area (TPSA) is 94.4 Å². The molecular formula is C24H28ClFN4O4S. The van der Waals surface area contributed by atoms with Crippen molar-refractivity contribution in [2.45, 2.75) is 44.0 Å². The number of piperidine rings is 1. The Morgan fingerprint density at radius 2 is 2.00 bits per heavy atom. The maximum atomic E-state index is 14.8. The van der Waals surface area contributed by atoms with Gasteiger partial charge in [0.05, 0.1) is 19.3 Å². The number of thioether (sulfide) groups is 1. The molecule has 8 nitrogen and oxygen atoms in total. The van der Waals surface area contributed by atoms with Crippen molar-refractivity contribution in [1.29, 1.82) is 0 Å². The van der Waals surface area contributed by atoms with Gasteiger partial charge < -0.3 is 4.74 Å². The molecule has 2 atom stereocenters. The number of hydrogen-bond donors (Lipinski definition) is 0. The number of hydrogen-bond acceptors (Lipinski definition) is 8. The highest BCUT2D eigenvalue weighted by Gasteiger charge is 2.41. The van der Waals surface area contributed by atoms with Crippen LogP contribution in [0, 0.1) is 11.7 Å². The molecule has 1 aliphatic heterocycles. The molecule has 1 saturated carbocycles. The normalized spacial score (nSPS) is 20.2. The van der Waals surface area contributed by atoms with E-state index in [4.69, 9.17) is 0 Å². The molecule has 0 bridgehead atoms. The lowest BCUT2D eigenvalue weighted by molar-refractivity contribution is -0.141. The summed E-state index contributed by atoms with van der Waals surface area (Å²) < 4.78 is 20.8. The number of halogens is 2. The van der Waals surface area contributed by atoms with Gasteiger partial charge in [-0.25, -0.2) is 9.07 Å². The van der Waals surface area contributed by atoms with Gasteiger partial charge in [0, 0.05) is 36.7 Å². The zero-order valence-corrected chi connectivity index (χ0v) is 21.2. The Morgan fingerprint density at radius 3 is 2.66 bits per heavy atom. The van der Waals surface area contributed by atoms with E-state index in [-0.39, 0.29) is 41.0 Å². The first-order chi connectivity index (χ1) is 16.4. The summed E-state index contributed by atoms with van der Waals surface area (Å²) in [6.07, 6.45) is 5.78. The highest BCUT2D eigenvalue weighted by molar-refractivity contribution is 8.14. The number of rotatable bonds is 8. The third kappa shape index (κ3) is 6.77. The van der Waals surface area contributed by atoms with Gasteiger partial charge >= 0.3 is 5.97 Å². The monoisotopic (exact) mass is 522 g/mol. The lowest BCUT2D eigenvalue weighted by Gasteiger charge is -2.38.